The minimum atomic E-state index is 0.626. The van der Waals surface area contributed by atoms with E-state index in [1.165, 1.54) is 16.7 Å². The number of halogens is 1. The highest BCUT2D eigenvalue weighted by atomic mass is 35.5. The Morgan fingerprint density at radius 3 is 2.48 bits per heavy atom. The molecule has 0 aliphatic rings. The molecule has 0 unspecified atom stereocenters. The molecule has 0 saturated heterocycles. The Morgan fingerprint density at radius 1 is 1.05 bits per heavy atom. The number of methoxy groups -OCH3 is 1. The SMILES string of the molecule is COc1ccc(C)cc1CN(CCCl)Cc1ccccc1. The van der Waals surface area contributed by atoms with Crippen molar-refractivity contribution in [1.29, 1.82) is 0 Å². The van der Waals surface area contributed by atoms with Crippen LogP contribution in [0.1, 0.15) is 16.7 Å². The van der Waals surface area contributed by atoms with Crippen LogP contribution in [0.4, 0.5) is 0 Å². The lowest BCUT2D eigenvalue weighted by Gasteiger charge is -2.23. The van der Waals surface area contributed by atoms with E-state index in [1.807, 2.05) is 12.1 Å². The second-order valence-corrected chi connectivity index (χ2v) is 5.58. The Morgan fingerprint density at radius 2 is 1.81 bits per heavy atom. The van der Waals surface area contributed by atoms with E-state index in [0.717, 1.165) is 25.4 Å². The largest absolute Gasteiger partial charge is 0.496 e. The van der Waals surface area contributed by atoms with Crippen molar-refractivity contribution in [3.8, 4) is 5.75 Å². The molecule has 21 heavy (non-hydrogen) atoms. The van der Waals surface area contributed by atoms with Gasteiger partial charge in [0.05, 0.1) is 7.11 Å². The first-order valence-corrected chi connectivity index (χ1v) is 7.72. The zero-order chi connectivity index (χ0) is 15.1. The fourth-order valence-corrected chi connectivity index (χ4v) is 2.69. The van der Waals surface area contributed by atoms with Crippen molar-refractivity contribution in [2.24, 2.45) is 0 Å². The van der Waals surface area contributed by atoms with Crippen molar-refractivity contribution in [3.05, 3.63) is 65.2 Å². The summed E-state index contributed by atoms with van der Waals surface area (Å²) in [4.78, 5) is 2.35. The Labute approximate surface area is 132 Å². The highest BCUT2D eigenvalue weighted by molar-refractivity contribution is 6.18. The number of nitrogens with zero attached hydrogens (tertiary/aromatic N) is 1. The van der Waals surface area contributed by atoms with Gasteiger partial charge in [-0.3, -0.25) is 4.90 Å². The number of rotatable bonds is 7. The third-order valence-corrected chi connectivity index (χ3v) is 3.65. The summed E-state index contributed by atoms with van der Waals surface area (Å²) in [6.45, 7) is 4.69. The quantitative estimate of drug-likeness (QED) is 0.709. The lowest BCUT2D eigenvalue weighted by atomic mass is 10.1. The van der Waals surface area contributed by atoms with Crippen LogP contribution in [0.2, 0.25) is 0 Å². The zero-order valence-electron chi connectivity index (χ0n) is 12.7. The third-order valence-electron chi connectivity index (χ3n) is 3.48. The Bertz CT molecular complexity index is 556. The molecule has 0 radical (unpaired) electrons. The minimum Gasteiger partial charge on any atom is -0.496 e. The summed E-state index contributed by atoms with van der Waals surface area (Å²) in [6.07, 6.45) is 0. The van der Waals surface area contributed by atoms with E-state index in [1.54, 1.807) is 7.11 Å². The molecule has 0 N–H and O–H groups in total. The van der Waals surface area contributed by atoms with Crippen LogP contribution in [0.3, 0.4) is 0 Å². The molecule has 0 bridgehead atoms. The molecule has 2 aromatic rings. The molecular weight excluding hydrogens is 282 g/mol. The van der Waals surface area contributed by atoms with Gasteiger partial charge in [-0.05, 0) is 18.6 Å². The predicted octanol–water partition coefficient (Wildman–Crippen LogP) is 4.24. The molecule has 2 rings (SSSR count). The van der Waals surface area contributed by atoms with Gasteiger partial charge in [-0.1, -0.05) is 48.0 Å². The second kappa shape index (κ2) is 8.06. The summed E-state index contributed by atoms with van der Waals surface area (Å²) in [5, 5.41) is 0. The van der Waals surface area contributed by atoms with Crippen LogP contribution in [0.15, 0.2) is 48.5 Å². The third kappa shape index (κ3) is 4.76. The molecule has 0 atom stereocenters. The van der Waals surface area contributed by atoms with E-state index in [4.69, 9.17) is 16.3 Å². The molecule has 0 heterocycles. The fraction of sp³-hybridized carbons (Fsp3) is 0.333. The fourth-order valence-electron chi connectivity index (χ4n) is 2.45. The molecule has 0 aliphatic carbocycles. The topological polar surface area (TPSA) is 12.5 Å². The summed E-state index contributed by atoms with van der Waals surface area (Å²) in [7, 11) is 1.72. The predicted molar refractivity (Wildman–Crippen MR) is 89.0 cm³/mol. The Hall–Kier alpha value is -1.51. The smallest absolute Gasteiger partial charge is 0.123 e. The van der Waals surface area contributed by atoms with Crippen LogP contribution < -0.4 is 4.74 Å². The van der Waals surface area contributed by atoms with Gasteiger partial charge in [-0.25, -0.2) is 0 Å². The standard InChI is InChI=1S/C18H22ClNO/c1-15-8-9-18(21-2)17(12-15)14-20(11-10-19)13-16-6-4-3-5-7-16/h3-9,12H,10-11,13-14H2,1-2H3. The van der Waals surface area contributed by atoms with Gasteiger partial charge in [-0.15, -0.1) is 11.6 Å². The van der Waals surface area contributed by atoms with Gasteiger partial charge in [0.15, 0.2) is 0 Å². The molecular formula is C18H22ClNO. The lowest BCUT2D eigenvalue weighted by molar-refractivity contribution is 0.268. The highest BCUT2D eigenvalue weighted by Crippen LogP contribution is 2.22. The van der Waals surface area contributed by atoms with Crippen molar-refractivity contribution in [2.75, 3.05) is 19.5 Å². The summed E-state index contributed by atoms with van der Waals surface area (Å²) in [5.41, 5.74) is 3.75. The van der Waals surface area contributed by atoms with Gasteiger partial charge < -0.3 is 4.74 Å². The Balaban J connectivity index is 2.14. The summed E-state index contributed by atoms with van der Waals surface area (Å²) < 4.78 is 5.47. The average molecular weight is 304 g/mol. The summed E-state index contributed by atoms with van der Waals surface area (Å²) in [5.74, 6) is 1.56. The molecule has 3 heteroatoms. The molecule has 0 aliphatic heterocycles. The van der Waals surface area contributed by atoms with E-state index >= 15 is 0 Å². The number of alkyl halides is 1. The highest BCUT2D eigenvalue weighted by Gasteiger charge is 2.10. The molecule has 0 saturated carbocycles. The van der Waals surface area contributed by atoms with E-state index in [0.29, 0.717) is 5.88 Å². The Kier molecular flexibility index (Phi) is 6.09. The van der Waals surface area contributed by atoms with Crippen LogP contribution in [0, 0.1) is 6.92 Å². The molecule has 0 aromatic heterocycles. The maximum Gasteiger partial charge on any atom is 0.123 e. The molecule has 2 nitrogen and oxygen atoms in total. The number of hydrogen-bond acceptors (Lipinski definition) is 2. The van der Waals surface area contributed by atoms with Crippen molar-refractivity contribution < 1.29 is 4.74 Å². The molecule has 2 aromatic carbocycles. The zero-order valence-corrected chi connectivity index (χ0v) is 13.4. The number of hydrogen-bond donors (Lipinski definition) is 0. The molecule has 0 fully saturated rings. The van der Waals surface area contributed by atoms with Crippen molar-refractivity contribution in [1.82, 2.24) is 4.90 Å². The first-order chi connectivity index (χ1) is 10.2. The van der Waals surface area contributed by atoms with E-state index in [-0.39, 0.29) is 0 Å². The van der Waals surface area contributed by atoms with E-state index in [2.05, 4.69) is 48.2 Å². The lowest BCUT2D eigenvalue weighted by Crippen LogP contribution is -2.25. The van der Waals surface area contributed by atoms with Crippen LogP contribution in [0.25, 0.3) is 0 Å². The van der Waals surface area contributed by atoms with Crippen LogP contribution in [-0.2, 0) is 13.1 Å². The van der Waals surface area contributed by atoms with Crippen molar-refractivity contribution >= 4 is 11.6 Å². The normalized spacial score (nSPS) is 10.9. The first kappa shape index (κ1) is 15.9. The van der Waals surface area contributed by atoms with Crippen LogP contribution >= 0.6 is 11.6 Å². The number of benzene rings is 2. The second-order valence-electron chi connectivity index (χ2n) is 5.20. The van der Waals surface area contributed by atoms with Crippen LogP contribution in [-0.4, -0.2) is 24.4 Å². The van der Waals surface area contributed by atoms with Gasteiger partial charge in [0.25, 0.3) is 0 Å². The summed E-state index contributed by atoms with van der Waals surface area (Å²) >= 11 is 5.96. The van der Waals surface area contributed by atoms with Crippen molar-refractivity contribution in [2.45, 2.75) is 20.0 Å². The van der Waals surface area contributed by atoms with Crippen LogP contribution in [0.5, 0.6) is 5.75 Å². The molecule has 0 amide bonds. The first-order valence-electron chi connectivity index (χ1n) is 7.18. The number of aryl methyl sites for hydroxylation is 1. The average Bonchev–Trinajstić information content (AvgIpc) is 2.49. The van der Waals surface area contributed by atoms with Gasteiger partial charge in [0.1, 0.15) is 5.75 Å². The minimum absolute atomic E-state index is 0.626. The van der Waals surface area contributed by atoms with Gasteiger partial charge in [0, 0.05) is 31.1 Å². The maximum absolute atomic E-state index is 5.96. The molecule has 0 spiro atoms. The molecule has 112 valence electrons. The maximum atomic E-state index is 5.96. The van der Waals surface area contributed by atoms with Gasteiger partial charge in [0.2, 0.25) is 0 Å². The number of ether oxygens (including phenoxy) is 1. The van der Waals surface area contributed by atoms with Gasteiger partial charge in [-0.2, -0.15) is 0 Å². The van der Waals surface area contributed by atoms with Gasteiger partial charge >= 0.3 is 0 Å². The van der Waals surface area contributed by atoms with Crippen molar-refractivity contribution in [3.63, 3.8) is 0 Å². The monoisotopic (exact) mass is 303 g/mol. The summed E-state index contributed by atoms with van der Waals surface area (Å²) in [6, 6.07) is 16.8. The van der Waals surface area contributed by atoms with E-state index < -0.39 is 0 Å². The van der Waals surface area contributed by atoms with E-state index in [9.17, 15) is 0 Å².